The summed E-state index contributed by atoms with van der Waals surface area (Å²) >= 11 is 0. The zero-order valence-corrected chi connectivity index (χ0v) is 30.0. The standard InChI is InChI=1S/C24H54N3O10PSi3/c1-29-39(30-2)22-10-16-25(39)13-7-19-35-38(28,36-20-8-14-26-17-11-23-40(26,31-3)32-4)37-21-9-15-27-18-12-24-41(27,33-5)34-6/h7-24H2,1-6H3. The highest BCUT2D eigenvalue weighted by Crippen LogP contribution is 2.50. The van der Waals surface area contributed by atoms with Crippen molar-refractivity contribution in [1.29, 1.82) is 0 Å². The van der Waals surface area contributed by atoms with Crippen LogP contribution in [0.25, 0.3) is 0 Å². The van der Waals surface area contributed by atoms with Crippen molar-refractivity contribution in [2.45, 2.75) is 56.7 Å². The van der Waals surface area contributed by atoms with Crippen molar-refractivity contribution in [2.24, 2.45) is 0 Å². The lowest BCUT2D eigenvalue weighted by Crippen LogP contribution is -2.53. The fraction of sp³-hybridized carbons (Fsp3) is 1.00. The van der Waals surface area contributed by atoms with Gasteiger partial charge >= 0.3 is 34.0 Å². The van der Waals surface area contributed by atoms with Crippen LogP contribution in [0.5, 0.6) is 0 Å². The second kappa shape index (κ2) is 17.2. The SMILES string of the molecule is CO[Si]1(OC)CCCN1CCCOP(=O)(OCCCN1CCC[Si]1(OC)OC)OCCCN1CCC[Si]1(OC)OC. The number of phosphoric ester groups is 1. The number of hydrogen-bond donors (Lipinski definition) is 0. The predicted molar refractivity (Wildman–Crippen MR) is 162 cm³/mol. The molecule has 3 fully saturated rings. The van der Waals surface area contributed by atoms with Crippen molar-refractivity contribution in [3.8, 4) is 0 Å². The van der Waals surface area contributed by atoms with Gasteiger partial charge in [0.25, 0.3) is 0 Å². The smallest absolute Gasteiger partial charge is 0.386 e. The second-order valence-electron chi connectivity index (χ2n) is 10.6. The highest BCUT2D eigenvalue weighted by Gasteiger charge is 2.49. The third-order valence-corrected chi connectivity index (χ3v) is 21.1. The Morgan fingerprint density at radius 1 is 0.512 bits per heavy atom. The van der Waals surface area contributed by atoms with Crippen molar-refractivity contribution in [2.75, 3.05) is 102 Å². The Kier molecular flexibility index (Phi) is 15.0. The fourth-order valence-corrected chi connectivity index (χ4v) is 16.7. The fourth-order valence-electron chi connectivity index (χ4n) is 6.36. The molecule has 13 nitrogen and oxygen atoms in total. The second-order valence-corrected chi connectivity index (χ2v) is 22.4. The van der Waals surface area contributed by atoms with Gasteiger partial charge in [-0.1, -0.05) is 0 Å². The molecule has 0 spiro atoms. The molecule has 0 aromatic heterocycles. The van der Waals surface area contributed by atoms with Crippen LogP contribution in [-0.4, -0.2) is 142 Å². The molecule has 3 aliphatic heterocycles. The summed E-state index contributed by atoms with van der Waals surface area (Å²) in [6, 6.07) is 2.85. The zero-order valence-electron chi connectivity index (χ0n) is 26.1. The number of rotatable bonds is 21. The van der Waals surface area contributed by atoms with Gasteiger partial charge < -0.3 is 26.6 Å². The summed E-state index contributed by atoms with van der Waals surface area (Å²) in [7, 11) is -0.356. The van der Waals surface area contributed by atoms with Crippen LogP contribution in [0.1, 0.15) is 38.5 Å². The van der Waals surface area contributed by atoms with Crippen LogP contribution in [0.15, 0.2) is 0 Å². The van der Waals surface area contributed by atoms with Crippen molar-refractivity contribution in [1.82, 2.24) is 13.7 Å². The van der Waals surface area contributed by atoms with Crippen LogP contribution in [-0.2, 0) is 44.7 Å². The molecule has 41 heavy (non-hydrogen) atoms. The molecule has 0 aromatic rings. The molecule has 242 valence electrons. The molecule has 0 saturated carbocycles. The third kappa shape index (κ3) is 8.99. The zero-order chi connectivity index (χ0) is 29.8. The quantitative estimate of drug-likeness (QED) is 0.102. The van der Waals surface area contributed by atoms with Crippen LogP contribution in [0.3, 0.4) is 0 Å². The van der Waals surface area contributed by atoms with Crippen LogP contribution in [0.2, 0.25) is 18.1 Å². The molecule has 0 N–H and O–H groups in total. The molecular formula is C24H54N3O10PSi3. The molecule has 17 heteroatoms. The Hall–Kier alpha value is 0.401. The van der Waals surface area contributed by atoms with Crippen LogP contribution in [0.4, 0.5) is 0 Å². The average Bonchev–Trinajstić information content (AvgIpc) is 3.73. The summed E-state index contributed by atoms with van der Waals surface area (Å²) in [4.78, 5) is 0. The first-order valence-corrected chi connectivity index (χ1v) is 22.3. The van der Waals surface area contributed by atoms with Gasteiger partial charge in [-0.05, 0) is 77.8 Å². The maximum Gasteiger partial charge on any atom is 0.474 e. The van der Waals surface area contributed by atoms with E-state index in [1.165, 1.54) is 0 Å². The minimum absolute atomic E-state index is 0.261. The number of nitrogens with zero attached hydrogens (tertiary/aromatic N) is 3. The summed E-state index contributed by atoms with van der Waals surface area (Å²) < 4.78 is 72.9. The maximum absolute atomic E-state index is 13.7. The van der Waals surface area contributed by atoms with E-state index in [1.54, 1.807) is 42.7 Å². The van der Waals surface area contributed by atoms with E-state index in [0.29, 0.717) is 19.3 Å². The molecule has 0 bridgehead atoms. The Labute approximate surface area is 250 Å². The lowest BCUT2D eigenvalue weighted by Gasteiger charge is -2.32. The molecular weight excluding hydrogens is 606 g/mol. The lowest BCUT2D eigenvalue weighted by atomic mass is 10.4. The molecule has 3 saturated heterocycles. The monoisotopic (exact) mass is 659 g/mol. The molecule has 3 aliphatic rings. The summed E-state index contributed by atoms with van der Waals surface area (Å²) in [6.07, 6.45) is 5.18. The predicted octanol–water partition coefficient (Wildman–Crippen LogP) is 3.13. The normalized spacial score (nSPS) is 23.2. The average molecular weight is 660 g/mol. The first-order valence-electron chi connectivity index (χ1n) is 14.9. The molecule has 0 amide bonds. The van der Waals surface area contributed by atoms with Gasteiger partial charge in [-0.15, -0.1) is 0 Å². The summed E-state index contributed by atoms with van der Waals surface area (Å²) in [5.74, 6) is 0. The third-order valence-electron chi connectivity index (χ3n) is 8.59. The van der Waals surface area contributed by atoms with Crippen LogP contribution >= 0.6 is 7.82 Å². The van der Waals surface area contributed by atoms with Crippen molar-refractivity contribution < 1.29 is 44.7 Å². The lowest BCUT2D eigenvalue weighted by molar-refractivity contribution is 0.102. The molecule has 0 radical (unpaired) electrons. The largest absolute Gasteiger partial charge is 0.474 e. The topological polar surface area (TPSA) is 110 Å². The van der Waals surface area contributed by atoms with Gasteiger partial charge in [0.1, 0.15) is 0 Å². The summed E-state index contributed by atoms with van der Waals surface area (Å²) in [5.41, 5.74) is 0. The van der Waals surface area contributed by atoms with E-state index in [2.05, 4.69) is 13.7 Å². The number of hydrogen-bond acceptors (Lipinski definition) is 13. The van der Waals surface area contributed by atoms with Crippen molar-refractivity contribution >= 4 is 34.0 Å². The summed E-state index contributed by atoms with van der Waals surface area (Å²) in [6.45, 7) is 5.84. The van der Waals surface area contributed by atoms with E-state index in [-0.39, 0.29) is 19.8 Å². The highest BCUT2D eigenvalue weighted by molar-refractivity contribution is 7.48. The van der Waals surface area contributed by atoms with E-state index in [0.717, 1.165) is 76.7 Å². The van der Waals surface area contributed by atoms with Gasteiger partial charge in [-0.3, -0.25) is 27.3 Å². The van der Waals surface area contributed by atoms with Gasteiger partial charge in [-0.2, -0.15) is 0 Å². The van der Waals surface area contributed by atoms with Crippen molar-refractivity contribution in [3.05, 3.63) is 0 Å². The summed E-state index contributed by atoms with van der Waals surface area (Å²) in [5, 5.41) is 0. The highest BCUT2D eigenvalue weighted by atomic mass is 31.2. The Morgan fingerprint density at radius 2 is 0.780 bits per heavy atom. The first-order chi connectivity index (χ1) is 19.8. The molecule has 0 unspecified atom stereocenters. The Bertz CT molecular complexity index is 711. The van der Waals surface area contributed by atoms with Gasteiger partial charge in [0.15, 0.2) is 0 Å². The molecule has 3 heterocycles. The molecule has 0 aromatic carbocycles. The molecule has 0 atom stereocenters. The van der Waals surface area contributed by atoms with E-state index in [1.807, 2.05) is 0 Å². The van der Waals surface area contributed by atoms with Gasteiger partial charge in [-0.25, -0.2) is 4.57 Å². The Balaban J connectivity index is 1.49. The van der Waals surface area contributed by atoms with Gasteiger partial charge in [0.2, 0.25) is 0 Å². The van der Waals surface area contributed by atoms with Crippen LogP contribution < -0.4 is 0 Å². The maximum atomic E-state index is 13.7. The van der Waals surface area contributed by atoms with Gasteiger partial charge in [0.05, 0.1) is 19.8 Å². The minimum Gasteiger partial charge on any atom is -0.386 e. The van der Waals surface area contributed by atoms with Crippen LogP contribution in [0, 0.1) is 0 Å². The van der Waals surface area contributed by atoms with E-state index < -0.39 is 34.0 Å². The Morgan fingerprint density at radius 3 is 1.02 bits per heavy atom. The first kappa shape index (κ1) is 35.9. The van der Waals surface area contributed by atoms with Crippen molar-refractivity contribution in [3.63, 3.8) is 0 Å². The number of phosphoric acid groups is 1. The van der Waals surface area contributed by atoms with Gasteiger partial charge in [0, 0.05) is 60.8 Å². The van der Waals surface area contributed by atoms with E-state index in [9.17, 15) is 4.57 Å². The van der Waals surface area contributed by atoms with E-state index in [4.69, 9.17) is 40.1 Å². The molecule has 3 rings (SSSR count). The minimum atomic E-state index is -3.75. The van der Waals surface area contributed by atoms with E-state index >= 15 is 0 Å². The molecule has 0 aliphatic carbocycles.